The minimum absolute atomic E-state index is 0.0617. The quantitative estimate of drug-likeness (QED) is 0.694. The molecular formula is C23H21F3N2O2. The predicted molar refractivity (Wildman–Crippen MR) is 104 cm³/mol. The molecule has 0 radical (unpaired) electrons. The first kappa shape index (κ1) is 20.6. The number of Topliss-reactive ketones (excluding diaryl/α,β-unsaturated/α-hetero) is 1. The molecule has 2 fully saturated rings. The molecule has 4 nitrogen and oxygen atoms in total. The van der Waals surface area contributed by atoms with E-state index in [1.165, 1.54) is 5.56 Å². The van der Waals surface area contributed by atoms with Crippen LogP contribution in [0.25, 0.3) is 0 Å². The van der Waals surface area contributed by atoms with Gasteiger partial charge in [0.05, 0.1) is 30.4 Å². The molecule has 0 amide bonds. The van der Waals surface area contributed by atoms with E-state index < -0.39 is 11.7 Å². The van der Waals surface area contributed by atoms with Crippen LogP contribution in [0, 0.1) is 17.2 Å². The van der Waals surface area contributed by atoms with Crippen LogP contribution in [-0.2, 0) is 17.5 Å². The fraction of sp³-hybridized carbons (Fsp3) is 0.391. The number of hydrogen-bond donors (Lipinski definition) is 0. The Kier molecular flexibility index (Phi) is 5.63. The van der Waals surface area contributed by atoms with Crippen LogP contribution in [0.1, 0.15) is 39.9 Å². The highest BCUT2D eigenvalue weighted by molar-refractivity contribution is 6.00. The lowest BCUT2D eigenvalue weighted by Crippen LogP contribution is -2.57. The van der Waals surface area contributed by atoms with Crippen molar-refractivity contribution >= 4 is 5.78 Å². The number of rotatable bonds is 4. The second-order valence-electron chi connectivity index (χ2n) is 7.91. The molecule has 2 aliphatic rings. The number of piperidine rings is 1. The Morgan fingerprint density at radius 2 is 1.77 bits per heavy atom. The number of morpholine rings is 1. The average molecular weight is 414 g/mol. The summed E-state index contributed by atoms with van der Waals surface area (Å²) in [5.74, 6) is -0.587. The molecule has 0 aliphatic carbocycles. The Balaban J connectivity index is 1.54. The molecule has 2 aromatic carbocycles. The number of hydrogen-bond acceptors (Lipinski definition) is 4. The van der Waals surface area contributed by atoms with Crippen molar-refractivity contribution in [3.63, 3.8) is 0 Å². The van der Waals surface area contributed by atoms with Gasteiger partial charge in [-0.1, -0.05) is 30.3 Å². The highest BCUT2D eigenvalue weighted by Gasteiger charge is 2.42. The second-order valence-corrected chi connectivity index (χ2v) is 7.91. The molecule has 0 N–H and O–H groups in total. The molecule has 2 saturated heterocycles. The molecule has 2 heterocycles. The van der Waals surface area contributed by atoms with Crippen molar-refractivity contribution in [3.8, 4) is 6.07 Å². The van der Waals surface area contributed by atoms with Gasteiger partial charge >= 0.3 is 6.18 Å². The highest BCUT2D eigenvalue weighted by Crippen LogP contribution is 2.36. The zero-order valence-corrected chi connectivity index (χ0v) is 16.2. The number of carbonyl (C=O) groups is 1. The minimum Gasteiger partial charge on any atom is -0.378 e. The van der Waals surface area contributed by atoms with Crippen LogP contribution in [-0.4, -0.2) is 36.0 Å². The van der Waals surface area contributed by atoms with Gasteiger partial charge in [-0.15, -0.1) is 0 Å². The fourth-order valence-corrected chi connectivity index (χ4v) is 4.50. The SMILES string of the molecule is N#Cc1cc(C(F)(F)F)ccc1C(=O)C1CC2COCC(C1)N2Cc1ccccc1. The second kappa shape index (κ2) is 8.21. The number of fused-ring (bicyclic) bond motifs is 2. The van der Waals surface area contributed by atoms with Crippen molar-refractivity contribution < 1.29 is 22.7 Å². The first-order valence-corrected chi connectivity index (χ1v) is 9.90. The van der Waals surface area contributed by atoms with E-state index >= 15 is 0 Å². The van der Waals surface area contributed by atoms with Gasteiger partial charge in [0.2, 0.25) is 0 Å². The summed E-state index contributed by atoms with van der Waals surface area (Å²) in [4.78, 5) is 15.5. The third-order valence-electron chi connectivity index (χ3n) is 5.98. The molecule has 2 atom stereocenters. The number of nitrogens with zero attached hydrogens (tertiary/aromatic N) is 2. The van der Waals surface area contributed by atoms with Crippen molar-refractivity contribution in [2.45, 2.75) is 37.6 Å². The van der Waals surface area contributed by atoms with Crippen molar-refractivity contribution in [1.29, 1.82) is 5.26 Å². The van der Waals surface area contributed by atoms with Gasteiger partial charge < -0.3 is 4.74 Å². The van der Waals surface area contributed by atoms with Crippen LogP contribution in [0.15, 0.2) is 48.5 Å². The lowest BCUT2D eigenvalue weighted by molar-refractivity contribution is -0.137. The topological polar surface area (TPSA) is 53.3 Å². The number of halogens is 3. The molecule has 0 aromatic heterocycles. The van der Waals surface area contributed by atoms with E-state index in [0.29, 0.717) is 26.1 Å². The molecule has 4 rings (SSSR count). The molecule has 2 aliphatic heterocycles. The Morgan fingerprint density at radius 1 is 1.10 bits per heavy atom. The first-order valence-electron chi connectivity index (χ1n) is 9.90. The Labute approximate surface area is 172 Å². The van der Waals surface area contributed by atoms with E-state index in [-0.39, 0.29) is 34.9 Å². The minimum atomic E-state index is -4.55. The van der Waals surface area contributed by atoms with Crippen molar-refractivity contribution in [3.05, 3.63) is 70.8 Å². The van der Waals surface area contributed by atoms with E-state index in [2.05, 4.69) is 17.0 Å². The van der Waals surface area contributed by atoms with Gasteiger partial charge in [-0.05, 0) is 36.6 Å². The first-order chi connectivity index (χ1) is 14.4. The lowest BCUT2D eigenvalue weighted by atomic mass is 9.79. The monoisotopic (exact) mass is 414 g/mol. The maximum Gasteiger partial charge on any atom is 0.416 e. The summed E-state index contributed by atoms with van der Waals surface area (Å²) in [5.41, 5.74) is 0.126. The smallest absolute Gasteiger partial charge is 0.378 e. The maximum absolute atomic E-state index is 13.1. The van der Waals surface area contributed by atoms with Gasteiger partial charge in [0.15, 0.2) is 5.78 Å². The summed E-state index contributed by atoms with van der Waals surface area (Å²) < 4.78 is 44.6. The van der Waals surface area contributed by atoms with Gasteiger partial charge in [-0.2, -0.15) is 18.4 Å². The average Bonchev–Trinajstić information content (AvgIpc) is 2.72. The summed E-state index contributed by atoms with van der Waals surface area (Å²) >= 11 is 0. The Hall–Kier alpha value is -2.69. The van der Waals surface area contributed by atoms with Crippen LogP contribution in [0.2, 0.25) is 0 Å². The van der Waals surface area contributed by atoms with Crippen LogP contribution >= 0.6 is 0 Å². The standard InChI is InChI=1S/C23H21F3N2O2/c24-23(25,26)18-6-7-21(17(8-18)11-27)22(29)16-9-19-13-30-14-20(10-16)28(19)12-15-4-2-1-3-5-15/h1-8,16,19-20H,9-10,12-14H2. The molecule has 0 spiro atoms. The van der Waals surface area contributed by atoms with Crippen LogP contribution in [0.3, 0.4) is 0 Å². The molecule has 156 valence electrons. The summed E-state index contributed by atoms with van der Waals surface area (Å²) in [6, 6.07) is 14.8. The Bertz CT molecular complexity index is 955. The van der Waals surface area contributed by atoms with E-state index in [9.17, 15) is 23.2 Å². The summed E-state index contributed by atoms with van der Waals surface area (Å²) in [6.45, 7) is 1.81. The van der Waals surface area contributed by atoms with Crippen LogP contribution in [0.4, 0.5) is 13.2 Å². The summed E-state index contributed by atoms with van der Waals surface area (Å²) in [5, 5.41) is 9.33. The zero-order chi connectivity index (χ0) is 21.3. The number of ketones is 1. The van der Waals surface area contributed by atoms with E-state index in [1.807, 2.05) is 18.2 Å². The van der Waals surface area contributed by atoms with Gasteiger partial charge in [0, 0.05) is 30.1 Å². The highest BCUT2D eigenvalue weighted by atomic mass is 19.4. The van der Waals surface area contributed by atoms with Gasteiger partial charge in [-0.3, -0.25) is 9.69 Å². The number of carbonyl (C=O) groups excluding carboxylic acids is 1. The number of alkyl halides is 3. The zero-order valence-electron chi connectivity index (χ0n) is 16.2. The van der Waals surface area contributed by atoms with Crippen molar-refractivity contribution in [1.82, 2.24) is 4.90 Å². The summed E-state index contributed by atoms with van der Waals surface area (Å²) in [6.07, 6.45) is -3.42. The molecule has 2 bridgehead atoms. The fourth-order valence-electron chi connectivity index (χ4n) is 4.50. The maximum atomic E-state index is 13.1. The number of nitriles is 1. The third kappa shape index (κ3) is 4.11. The number of benzene rings is 2. The largest absolute Gasteiger partial charge is 0.416 e. The van der Waals surface area contributed by atoms with Crippen LogP contribution in [0.5, 0.6) is 0 Å². The van der Waals surface area contributed by atoms with E-state index in [0.717, 1.165) is 24.7 Å². The normalized spacial score (nSPS) is 24.3. The van der Waals surface area contributed by atoms with E-state index in [1.54, 1.807) is 6.07 Å². The van der Waals surface area contributed by atoms with Gasteiger partial charge in [0.1, 0.15) is 0 Å². The Morgan fingerprint density at radius 3 is 2.37 bits per heavy atom. The third-order valence-corrected chi connectivity index (χ3v) is 5.98. The molecular weight excluding hydrogens is 393 g/mol. The molecule has 30 heavy (non-hydrogen) atoms. The van der Waals surface area contributed by atoms with Crippen molar-refractivity contribution in [2.24, 2.45) is 5.92 Å². The molecule has 2 aromatic rings. The predicted octanol–water partition coefficient (Wildman–Crippen LogP) is 4.44. The molecule has 7 heteroatoms. The number of ether oxygens (including phenoxy) is 1. The summed E-state index contributed by atoms with van der Waals surface area (Å²) in [7, 11) is 0. The van der Waals surface area contributed by atoms with Crippen molar-refractivity contribution in [2.75, 3.05) is 13.2 Å². The van der Waals surface area contributed by atoms with Crippen LogP contribution < -0.4 is 0 Å². The molecule has 0 saturated carbocycles. The molecule has 2 unspecified atom stereocenters. The van der Waals surface area contributed by atoms with Gasteiger partial charge in [-0.25, -0.2) is 0 Å². The lowest BCUT2D eigenvalue weighted by Gasteiger charge is -2.48. The van der Waals surface area contributed by atoms with Gasteiger partial charge in [0.25, 0.3) is 0 Å². The van der Waals surface area contributed by atoms with E-state index in [4.69, 9.17) is 4.74 Å².